The van der Waals surface area contributed by atoms with E-state index in [1.165, 1.54) is 0 Å². The average Bonchev–Trinajstić information content (AvgIpc) is 3.25. The van der Waals surface area contributed by atoms with Crippen LogP contribution in [0.25, 0.3) is 0 Å². The lowest BCUT2D eigenvalue weighted by Crippen LogP contribution is -2.56. The van der Waals surface area contributed by atoms with Gasteiger partial charge >= 0.3 is 5.97 Å². The molecule has 2 heterocycles. The van der Waals surface area contributed by atoms with Gasteiger partial charge in [-0.05, 0) is 38.8 Å². The molecule has 2 aromatic rings. The molecule has 130 valence electrons. The molecule has 0 N–H and O–H groups in total. The van der Waals surface area contributed by atoms with Crippen LogP contribution in [0.15, 0.2) is 60.7 Å². The second kappa shape index (κ2) is 5.16. The Morgan fingerprint density at radius 3 is 2.08 bits per heavy atom. The van der Waals surface area contributed by atoms with Crippen molar-refractivity contribution in [3.05, 3.63) is 71.8 Å². The largest absolute Gasteiger partial charge is 0.364 e. The maximum absolute atomic E-state index is 12.8. The minimum atomic E-state index is -0.976. The normalized spacial score (nSPS) is 32.0. The summed E-state index contributed by atoms with van der Waals surface area (Å²) in [7, 11) is 0. The van der Waals surface area contributed by atoms with E-state index in [4.69, 9.17) is 9.57 Å². The molecule has 4 heteroatoms. The van der Waals surface area contributed by atoms with Crippen molar-refractivity contribution in [2.75, 3.05) is 0 Å². The maximum atomic E-state index is 12.8. The van der Waals surface area contributed by atoms with Crippen LogP contribution in [0.2, 0.25) is 0 Å². The molecular weight excluding hydrogens is 314 g/mol. The number of benzene rings is 2. The van der Waals surface area contributed by atoms with Crippen molar-refractivity contribution >= 4 is 5.97 Å². The lowest BCUT2D eigenvalue weighted by molar-refractivity contribution is -0.253. The van der Waals surface area contributed by atoms with Crippen molar-refractivity contribution < 1.29 is 14.4 Å². The molecule has 0 aliphatic carbocycles. The number of hydrogen-bond acceptors (Lipinski definition) is 4. The second-order valence-corrected chi connectivity index (χ2v) is 7.93. The van der Waals surface area contributed by atoms with Crippen molar-refractivity contribution in [3.63, 3.8) is 0 Å². The number of rotatable bonds is 2. The molecule has 2 aliphatic heterocycles. The van der Waals surface area contributed by atoms with E-state index in [1.807, 2.05) is 76.2 Å². The predicted molar refractivity (Wildman–Crippen MR) is 94.5 cm³/mol. The van der Waals surface area contributed by atoms with Crippen LogP contribution in [0.5, 0.6) is 0 Å². The minimum absolute atomic E-state index is 0.223. The summed E-state index contributed by atoms with van der Waals surface area (Å²) >= 11 is 0. The van der Waals surface area contributed by atoms with Crippen LogP contribution < -0.4 is 0 Å². The lowest BCUT2D eigenvalue weighted by Gasteiger charge is -2.45. The summed E-state index contributed by atoms with van der Waals surface area (Å²) in [5.74, 6) is -0.335. The van der Waals surface area contributed by atoms with E-state index in [9.17, 15) is 4.79 Å². The van der Waals surface area contributed by atoms with Gasteiger partial charge in [-0.15, -0.1) is 5.06 Å². The zero-order chi connectivity index (χ0) is 17.9. The SMILES string of the molecule is CC(C)(C)N1OC(=O)[C@@]2(C)O[C@@]2(c2ccccc2)[C@@H]1c1ccccc1. The van der Waals surface area contributed by atoms with Gasteiger partial charge in [0.25, 0.3) is 0 Å². The van der Waals surface area contributed by atoms with E-state index < -0.39 is 11.2 Å². The standard InChI is InChI=1S/C21H23NO3/c1-19(2,3)22-17(15-11-7-5-8-12-15)21(16-13-9-6-10-14-16)20(4,25-21)18(23)24-22/h5-14,17H,1-4H3/t17-,20+,21-/m0/s1. The first-order valence-electron chi connectivity index (χ1n) is 8.63. The van der Waals surface area contributed by atoms with Crippen LogP contribution in [0.1, 0.15) is 44.9 Å². The van der Waals surface area contributed by atoms with Crippen molar-refractivity contribution in [3.8, 4) is 0 Å². The number of nitrogens with zero attached hydrogens (tertiary/aromatic N) is 1. The molecule has 2 aromatic carbocycles. The fraction of sp³-hybridized carbons (Fsp3) is 0.381. The van der Waals surface area contributed by atoms with Crippen LogP contribution in [0.4, 0.5) is 0 Å². The van der Waals surface area contributed by atoms with Crippen LogP contribution in [-0.4, -0.2) is 22.2 Å². The third-order valence-electron chi connectivity index (χ3n) is 5.20. The minimum Gasteiger partial charge on any atom is -0.364 e. The van der Waals surface area contributed by atoms with Crippen LogP contribution in [0, 0.1) is 0 Å². The van der Waals surface area contributed by atoms with Gasteiger partial charge in [0, 0.05) is 5.54 Å². The monoisotopic (exact) mass is 337 g/mol. The molecule has 2 aliphatic rings. The number of carbonyl (C=O) groups excluding carboxylic acids is 1. The summed E-state index contributed by atoms with van der Waals surface area (Å²) in [4.78, 5) is 18.6. The highest BCUT2D eigenvalue weighted by atomic mass is 16.8. The molecule has 0 bridgehead atoms. The van der Waals surface area contributed by atoms with E-state index in [2.05, 4.69) is 12.1 Å². The van der Waals surface area contributed by atoms with E-state index in [0.29, 0.717) is 0 Å². The fourth-order valence-corrected chi connectivity index (χ4v) is 3.91. The molecule has 4 nitrogen and oxygen atoms in total. The summed E-state index contributed by atoms with van der Waals surface area (Å²) in [5.41, 5.74) is -0.0326. The van der Waals surface area contributed by atoms with Gasteiger partial charge in [0.2, 0.25) is 5.60 Å². The second-order valence-electron chi connectivity index (χ2n) is 7.93. The van der Waals surface area contributed by atoms with Crippen LogP contribution >= 0.6 is 0 Å². The first-order valence-corrected chi connectivity index (χ1v) is 8.63. The van der Waals surface area contributed by atoms with E-state index in [0.717, 1.165) is 11.1 Å². The van der Waals surface area contributed by atoms with Crippen molar-refractivity contribution in [1.82, 2.24) is 5.06 Å². The first kappa shape index (κ1) is 16.3. The van der Waals surface area contributed by atoms with Crippen molar-refractivity contribution in [1.29, 1.82) is 0 Å². The highest BCUT2D eigenvalue weighted by Gasteiger charge is 2.81. The van der Waals surface area contributed by atoms with Crippen LogP contribution in [0.3, 0.4) is 0 Å². The number of fused-ring (bicyclic) bond motifs is 1. The number of carbonyl (C=O) groups is 1. The van der Waals surface area contributed by atoms with Gasteiger partial charge in [0.1, 0.15) is 6.04 Å². The molecule has 0 aromatic heterocycles. The predicted octanol–water partition coefficient (Wildman–Crippen LogP) is 3.98. The van der Waals surface area contributed by atoms with Crippen molar-refractivity contribution in [2.24, 2.45) is 0 Å². The molecule has 0 radical (unpaired) electrons. The van der Waals surface area contributed by atoms with Gasteiger partial charge in [0.05, 0.1) is 0 Å². The Labute approximate surface area is 148 Å². The Morgan fingerprint density at radius 1 is 0.960 bits per heavy atom. The Hall–Kier alpha value is -2.17. The first-order chi connectivity index (χ1) is 11.8. The summed E-state index contributed by atoms with van der Waals surface area (Å²) < 4.78 is 6.23. The van der Waals surface area contributed by atoms with Gasteiger partial charge in [-0.1, -0.05) is 60.7 Å². The van der Waals surface area contributed by atoms with Gasteiger partial charge in [-0.3, -0.25) is 0 Å². The van der Waals surface area contributed by atoms with E-state index in [1.54, 1.807) is 5.06 Å². The van der Waals surface area contributed by atoms with E-state index in [-0.39, 0.29) is 17.6 Å². The highest BCUT2D eigenvalue weighted by molar-refractivity contribution is 5.86. The molecule has 0 unspecified atom stereocenters. The molecule has 2 saturated heterocycles. The van der Waals surface area contributed by atoms with Gasteiger partial charge in [-0.2, -0.15) is 0 Å². The van der Waals surface area contributed by atoms with Gasteiger partial charge in [-0.25, -0.2) is 4.79 Å². The molecule has 25 heavy (non-hydrogen) atoms. The Bertz CT molecular complexity index is 799. The topological polar surface area (TPSA) is 42.1 Å². The van der Waals surface area contributed by atoms with Gasteiger partial charge < -0.3 is 9.57 Å². The third kappa shape index (κ3) is 2.17. The average molecular weight is 337 g/mol. The zero-order valence-corrected chi connectivity index (χ0v) is 15.0. The molecule has 2 fully saturated rings. The Morgan fingerprint density at radius 2 is 1.52 bits per heavy atom. The molecule has 3 atom stereocenters. The number of hydroxylamine groups is 2. The number of epoxide rings is 1. The van der Waals surface area contributed by atoms with E-state index >= 15 is 0 Å². The van der Waals surface area contributed by atoms with Crippen molar-refractivity contribution in [2.45, 2.75) is 50.5 Å². The Kier molecular flexibility index (Phi) is 3.37. The van der Waals surface area contributed by atoms with Crippen LogP contribution in [-0.2, 0) is 20.0 Å². The lowest BCUT2D eigenvalue weighted by atomic mass is 9.76. The molecular formula is C21H23NO3. The summed E-state index contributed by atoms with van der Waals surface area (Å²) in [5, 5.41) is 1.80. The smallest absolute Gasteiger partial charge is 0.360 e. The molecule has 0 saturated carbocycles. The molecule has 0 amide bonds. The summed E-state index contributed by atoms with van der Waals surface area (Å²) in [6, 6.07) is 19.9. The molecule has 0 spiro atoms. The number of hydrogen-bond donors (Lipinski definition) is 0. The summed E-state index contributed by atoms with van der Waals surface area (Å²) in [6.45, 7) is 7.96. The fourth-order valence-electron chi connectivity index (χ4n) is 3.91. The highest BCUT2D eigenvalue weighted by Crippen LogP contribution is 2.67. The maximum Gasteiger partial charge on any atom is 0.360 e. The zero-order valence-electron chi connectivity index (χ0n) is 15.0. The number of ether oxygens (including phenoxy) is 1. The Balaban J connectivity index is 1.94. The quantitative estimate of drug-likeness (QED) is 0.777. The van der Waals surface area contributed by atoms with Gasteiger partial charge in [0.15, 0.2) is 5.60 Å². The molecule has 4 rings (SSSR count). The summed E-state index contributed by atoms with van der Waals surface area (Å²) in [6.07, 6.45) is 0. The third-order valence-corrected chi connectivity index (χ3v) is 5.20.